The van der Waals surface area contributed by atoms with Gasteiger partial charge in [0.2, 0.25) is 0 Å². The van der Waals surface area contributed by atoms with Gasteiger partial charge in [-0.3, -0.25) is 4.79 Å². The first-order valence-corrected chi connectivity index (χ1v) is 9.76. The number of aryl methyl sites for hydroxylation is 2. The van der Waals surface area contributed by atoms with Gasteiger partial charge in [0.15, 0.2) is 6.73 Å². The van der Waals surface area contributed by atoms with Gasteiger partial charge in [-0.2, -0.15) is 5.10 Å². The minimum atomic E-state index is -0.161. The molecule has 0 atom stereocenters. The molecule has 6 nitrogen and oxygen atoms in total. The van der Waals surface area contributed by atoms with Crippen molar-refractivity contribution in [1.82, 2.24) is 20.0 Å². The Labute approximate surface area is 166 Å². The lowest BCUT2D eigenvalue weighted by atomic mass is 10.1. The van der Waals surface area contributed by atoms with Gasteiger partial charge in [0.1, 0.15) is 11.4 Å². The molecule has 0 saturated carbocycles. The van der Waals surface area contributed by atoms with E-state index in [1.54, 1.807) is 16.9 Å². The maximum Gasteiger partial charge on any atom is 0.271 e. The third-order valence-electron chi connectivity index (χ3n) is 4.48. The number of benzene rings is 1. The Morgan fingerprint density at radius 3 is 2.56 bits per heavy atom. The Hall–Kier alpha value is -2.05. The molecule has 2 rings (SSSR count). The van der Waals surface area contributed by atoms with Crippen molar-refractivity contribution in [2.75, 3.05) is 26.2 Å². The highest BCUT2D eigenvalue weighted by Gasteiger charge is 2.10. The molecule has 0 spiro atoms. The van der Waals surface area contributed by atoms with Gasteiger partial charge in [-0.05, 0) is 69.2 Å². The fourth-order valence-corrected chi connectivity index (χ4v) is 2.93. The van der Waals surface area contributed by atoms with Crippen LogP contribution in [-0.4, -0.2) is 46.8 Å². The Morgan fingerprint density at radius 2 is 1.93 bits per heavy atom. The topological polar surface area (TPSA) is 59.4 Å². The summed E-state index contributed by atoms with van der Waals surface area (Å²) in [5.74, 6) is 0.568. The molecule has 0 saturated heterocycles. The molecule has 0 unspecified atom stereocenters. The van der Waals surface area contributed by atoms with Crippen LogP contribution < -0.4 is 10.1 Å². The summed E-state index contributed by atoms with van der Waals surface area (Å²) in [5, 5.41) is 7.94. The van der Waals surface area contributed by atoms with Crippen molar-refractivity contribution in [3.05, 3.63) is 46.2 Å². The van der Waals surface area contributed by atoms with Gasteiger partial charge in [-0.15, -0.1) is 0 Å². The quantitative estimate of drug-likeness (QED) is 0.627. The number of halogens is 1. The number of rotatable bonds is 10. The van der Waals surface area contributed by atoms with Crippen LogP contribution in [0, 0.1) is 13.8 Å². The fourth-order valence-electron chi connectivity index (χ4n) is 2.82. The number of ether oxygens (including phenoxy) is 1. The predicted octanol–water partition coefficient (Wildman–Crippen LogP) is 3.65. The second-order valence-electron chi connectivity index (χ2n) is 6.52. The van der Waals surface area contributed by atoms with Crippen molar-refractivity contribution in [3.8, 4) is 5.75 Å². The second-order valence-corrected chi connectivity index (χ2v) is 6.90. The summed E-state index contributed by atoms with van der Waals surface area (Å²) in [5.41, 5.74) is 2.33. The molecule has 0 bridgehead atoms. The number of hydrogen-bond acceptors (Lipinski definition) is 4. The zero-order chi connectivity index (χ0) is 19.8. The number of nitrogens with zero attached hydrogens (tertiary/aromatic N) is 3. The van der Waals surface area contributed by atoms with Gasteiger partial charge in [0.25, 0.3) is 5.91 Å². The van der Waals surface area contributed by atoms with Gasteiger partial charge < -0.3 is 15.0 Å². The highest BCUT2D eigenvalue weighted by Crippen LogP contribution is 2.25. The minimum Gasteiger partial charge on any atom is -0.471 e. The van der Waals surface area contributed by atoms with Gasteiger partial charge in [-0.25, -0.2) is 4.68 Å². The SMILES string of the molecule is CCN(CC)CCCNC(=O)c1ccn(COc2cc(C)c(Cl)c(C)c2)n1. The smallest absolute Gasteiger partial charge is 0.271 e. The molecule has 0 aliphatic carbocycles. The zero-order valence-electron chi connectivity index (χ0n) is 16.6. The van der Waals surface area contributed by atoms with E-state index >= 15 is 0 Å². The molecule has 27 heavy (non-hydrogen) atoms. The van der Waals surface area contributed by atoms with E-state index in [0.29, 0.717) is 12.2 Å². The van der Waals surface area contributed by atoms with Crippen molar-refractivity contribution in [2.24, 2.45) is 0 Å². The van der Waals surface area contributed by atoms with E-state index in [1.807, 2.05) is 26.0 Å². The van der Waals surface area contributed by atoms with E-state index in [9.17, 15) is 4.79 Å². The Balaban J connectivity index is 1.81. The molecule has 1 heterocycles. The molecule has 1 aromatic carbocycles. The standard InChI is InChI=1S/C20H29ClN4O2/c1-5-24(6-2)10-7-9-22-20(26)18-8-11-25(23-18)14-27-17-12-15(3)19(21)16(4)13-17/h8,11-13H,5-7,9-10,14H2,1-4H3,(H,22,26). The second kappa shape index (κ2) is 10.3. The highest BCUT2D eigenvalue weighted by atomic mass is 35.5. The van der Waals surface area contributed by atoms with Crippen molar-refractivity contribution < 1.29 is 9.53 Å². The largest absolute Gasteiger partial charge is 0.471 e. The minimum absolute atomic E-state index is 0.161. The van der Waals surface area contributed by atoms with Crippen molar-refractivity contribution in [3.63, 3.8) is 0 Å². The molecule has 0 fully saturated rings. The number of amides is 1. The van der Waals surface area contributed by atoms with Crippen LogP contribution in [0.1, 0.15) is 41.9 Å². The molecule has 2 aromatic rings. The predicted molar refractivity (Wildman–Crippen MR) is 109 cm³/mol. The van der Waals surface area contributed by atoms with E-state index in [0.717, 1.165) is 48.0 Å². The molecule has 0 aliphatic heterocycles. The first kappa shape index (κ1) is 21.3. The van der Waals surface area contributed by atoms with Gasteiger partial charge in [0.05, 0.1) is 0 Å². The van der Waals surface area contributed by atoms with E-state index in [-0.39, 0.29) is 12.6 Å². The summed E-state index contributed by atoms with van der Waals surface area (Å²) in [6.45, 7) is 12.1. The molecule has 1 aromatic heterocycles. The average molecular weight is 393 g/mol. The monoisotopic (exact) mass is 392 g/mol. The fraction of sp³-hybridized carbons (Fsp3) is 0.500. The Kier molecular flexibility index (Phi) is 8.13. The summed E-state index contributed by atoms with van der Waals surface area (Å²) < 4.78 is 7.36. The van der Waals surface area contributed by atoms with E-state index < -0.39 is 0 Å². The lowest BCUT2D eigenvalue weighted by Gasteiger charge is -2.17. The summed E-state index contributed by atoms with van der Waals surface area (Å²) in [7, 11) is 0. The molecule has 7 heteroatoms. The summed E-state index contributed by atoms with van der Waals surface area (Å²) in [6, 6.07) is 5.48. The summed E-state index contributed by atoms with van der Waals surface area (Å²) in [4.78, 5) is 14.5. The van der Waals surface area contributed by atoms with Crippen LogP contribution in [-0.2, 0) is 6.73 Å². The third-order valence-corrected chi connectivity index (χ3v) is 5.07. The zero-order valence-corrected chi connectivity index (χ0v) is 17.3. The van der Waals surface area contributed by atoms with Crippen LogP contribution in [0.5, 0.6) is 5.75 Å². The molecule has 1 amide bonds. The lowest BCUT2D eigenvalue weighted by molar-refractivity contribution is 0.0945. The maximum absolute atomic E-state index is 12.2. The Morgan fingerprint density at radius 1 is 1.26 bits per heavy atom. The van der Waals surface area contributed by atoms with Crippen molar-refractivity contribution >= 4 is 17.5 Å². The van der Waals surface area contributed by atoms with Gasteiger partial charge in [-0.1, -0.05) is 25.4 Å². The molecule has 0 radical (unpaired) electrons. The lowest BCUT2D eigenvalue weighted by Crippen LogP contribution is -2.30. The first-order valence-electron chi connectivity index (χ1n) is 9.38. The molecule has 1 N–H and O–H groups in total. The van der Waals surface area contributed by atoms with E-state index in [2.05, 4.69) is 29.2 Å². The van der Waals surface area contributed by atoms with Crippen LogP contribution in [0.3, 0.4) is 0 Å². The molecular formula is C20H29ClN4O2. The molecule has 0 aliphatic rings. The summed E-state index contributed by atoms with van der Waals surface area (Å²) >= 11 is 6.17. The summed E-state index contributed by atoms with van der Waals surface area (Å²) in [6.07, 6.45) is 2.66. The number of carbonyl (C=O) groups excluding carboxylic acids is 1. The van der Waals surface area contributed by atoms with E-state index in [1.165, 1.54) is 0 Å². The normalized spacial score (nSPS) is 11.0. The average Bonchev–Trinajstić information content (AvgIpc) is 3.13. The van der Waals surface area contributed by atoms with Crippen LogP contribution in [0.4, 0.5) is 0 Å². The first-order chi connectivity index (χ1) is 12.9. The molecular weight excluding hydrogens is 364 g/mol. The number of hydrogen-bond donors (Lipinski definition) is 1. The van der Waals surface area contributed by atoms with E-state index in [4.69, 9.17) is 16.3 Å². The van der Waals surface area contributed by atoms with Crippen molar-refractivity contribution in [1.29, 1.82) is 0 Å². The maximum atomic E-state index is 12.2. The highest BCUT2D eigenvalue weighted by molar-refractivity contribution is 6.32. The van der Waals surface area contributed by atoms with Gasteiger partial charge in [0, 0.05) is 17.8 Å². The number of nitrogens with one attached hydrogen (secondary N) is 1. The van der Waals surface area contributed by atoms with Crippen LogP contribution in [0.25, 0.3) is 0 Å². The van der Waals surface area contributed by atoms with Crippen LogP contribution in [0.15, 0.2) is 24.4 Å². The van der Waals surface area contributed by atoms with Crippen molar-refractivity contribution in [2.45, 2.75) is 40.8 Å². The third kappa shape index (κ3) is 6.26. The number of aromatic nitrogens is 2. The number of carbonyl (C=O) groups is 1. The molecule has 148 valence electrons. The Bertz CT molecular complexity index is 733. The van der Waals surface area contributed by atoms with Crippen LogP contribution >= 0.6 is 11.6 Å². The van der Waals surface area contributed by atoms with Gasteiger partial charge >= 0.3 is 0 Å². The van der Waals surface area contributed by atoms with Crippen LogP contribution in [0.2, 0.25) is 5.02 Å².